The van der Waals surface area contributed by atoms with E-state index in [1.54, 1.807) is 12.3 Å². The van der Waals surface area contributed by atoms with E-state index in [1.807, 2.05) is 6.07 Å². The molecule has 1 aromatic heterocycles. The molecular weight excluding hydrogens is 236 g/mol. The van der Waals surface area contributed by atoms with E-state index in [0.717, 1.165) is 31.8 Å². The minimum absolute atomic E-state index is 0.373. The Hall–Kier alpha value is -2.10. The predicted molar refractivity (Wildman–Crippen MR) is 77.1 cm³/mol. The van der Waals surface area contributed by atoms with E-state index in [0.29, 0.717) is 11.7 Å². The quantitative estimate of drug-likeness (QED) is 0.894. The number of benzene rings is 1. The van der Waals surface area contributed by atoms with Crippen LogP contribution in [0.1, 0.15) is 24.6 Å². The summed E-state index contributed by atoms with van der Waals surface area (Å²) in [4.78, 5) is 11.1. The molecule has 1 saturated heterocycles. The molecule has 0 spiro atoms. The van der Waals surface area contributed by atoms with E-state index >= 15 is 0 Å². The zero-order valence-corrected chi connectivity index (χ0v) is 10.9. The summed E-state index contributed by atoms with van der Waals surface area (Å²) < 4.78 is 0. The second kappa shape index (κ2) is 5.26. The molecule has 1 atom stereocenters. The van der Waals surface area contributed by atoms with Gasteiger partial charge in [0.1, 0.15) is 11.6 Å². The van der Waals surface area contributed by atoms with Crippen LogP contribution in [0.15, 0.2) is 42.6 Å². The number of piperidine rings is 1. The summed E-state index contributed by atoms with van der Waals surface area (Å²) >= 11 is 0. The van der Waals surface area contributed by atoms with Crippen molar-refractivity contribution in [1.29, 1.82) is 0 Å². The summed E-state index contributed by atoms with van der Waals surface area (Å²) in [5, 5.41) is 0. The van der Waals surface area contributed by atoms with Gasteiger partial charge in [-0.1, -0.05) is 18.2 Å². The van der Waals surface area contributed by atoms with Gasteiger partial charge in [0.05, 0.1) is 0 Å². The number of anilines is 2. The van der Waals surface area contributed by atoms with Crippen molar-refractivity contribution in [2.75, 3.05) is 23.7 Å². The van der Waals surface area contributed by atoms with Crippen molar-refractivity contribution in [2.24, 2.45) is 0 Å². The first-order valence-corrected chi connectivity index (χ1v) is 6.71. The molecule has 0 bridgehead atoms. The van der Waals surface area contributed by atoms with E-state index in [-0.39, 0.29) is 0 Å². The SMILES string of the molecule is Nc1ccnc(C2CCCN(c3ccccc3)C2)n1. The fourth-order valence-electron chi connectivity index (χ4n) is 2.65. The zero-order chi connectivity index (χ0) is 13.1. The topological polar surface area (TPSA) is 55.0 Å². The number of nitrogen functional groups attached to an aromatic ring is 1. The number of hydrogen-bond acceptors (Lipinski definition) is 4. The molecule has 2 N–H and O–H groups in total. The Kier molecular flexibility index (Phi) is 3.31. The van der Waals surface area contributed by atoms with Crippen LogP contribution in [0, 0.1) is 0 Å². The Morgan fingerprint density at radius 1 is 1.16 bits per heavy atom. The van der Waals surface area contributed by atoms with Gasteiger partial charge in [-0.2, -0.15) is 0 Å². The summed E-state index contributed by atoms with van der Waals surface area (Å²) in [7, 11) is 0. The van der Waals surface area contributed by atoms with E-state index in [1.165, 1.54) is 5.69 Å². The lowest BCUT2D eigenvalue weighted by Gasteiger charge is -2.33. The summed E-state index contributed by atoms with van der Waals surface area (Å²) in [6.45, 7) is 2.07. The van der Waals surface area contributed by atoms with Crippen LogP contribution in [0.4, 0.5) is 11.5 Å². The molecule has 1 aliphatic rings. The van der Waals surface area contributed by atoms with E-state index in [9.17, 15) is 0 Å². The molecule has 0 radical (unpaired) electrons. The molecule has 1 fully saturated rings. The largest absolute Gasteiger partial charge is 0.384 e. The average molecular weight is 254 g/mol. The van der Waals surface area contributed by atoms with Gasteiger partial charge in [-0.15, -0.1) is 0 Å². The molecule has 4 nitrogen and oxygen atoms in total. The fourth-order valence-corrected chi connectivity index (χ4v) is 2.65. The highest BCUT2D eigenvalue weighted by Crippen LogP contribution is 2.28. The third-order valence-electron chi connectivity index (χ3n) is 3.60. The van der Waals surface area contributed by atoms with Crippen molar-refractivity contribution >= 4 is 11.5 Å². The molecule has 0 aliphatic carbocycles. The second-order valence-electron chi connectivity index (χ2n) is 4.96. The molecule has 1 aromatic carbocycles. The second-order valence-corrected chi connectivity index (χ2v) is 4.96. The van der Waals surface area contributed by atoms with Gasteiger partial charge in [-0.05, 0) is 31.0 Å². The van der Waals surface area contributed by atoms with Crippen LogP contribution in [0.5, 0.6) is 0 Å². The van der Waals surface area contributed by atoms with Crippen molar-refractivity contribution in [2.45, 2.75) is 18.8 Å². The predicted octanol–water partition coefficient (Wildman–Crippen LogP) is 2.44. The smallest absolute Gasteiger partial charge is 0.135 e. The molecule has 4 heteroatoms. The van der Waals surface area contributed by atoms with Gasteiger partial charge in [-0.3, -0.25) is 0 Å². The Labute approximate surface area is 113 Å². The van der Waals surface area contributed by atoms with Crippen molar-refractivity contribution in [3.63, 3.8) is 0 Å². The van der Waals surface area contributed by atoms with Gasteiger partial charge in [0.15, 0.2) is 0 Å². The summed E-state index contributed by atoms with van der Waals surface area (Å²) in [5.74, 6) is 1.81. The fraction of sp³-hybridized carbons (Fsp3) is 0.333. The number of aromatic nitrogens is 2. The van der Waals surface area contributed by atoms with Crippen LogP contribution < -0.4 is 10.6 Å². The first kappa shape index (κ1) is 12.0. The van der Waals surface area contributed by atoms with Crippen LogP contribution in [0.25, 0.3) is 0 Å². The first-order valence-electron chi connectivity index (χ1n) is 6.71. The van der Waals surface area contributed by atoms with Crippen LogP contribution in [-0.4, -0.2) is 23.1 Å². The first-order chi connectivity index (χ1) is 9.33. The van der Waals surface area contributed by atoms with Crippen LogP contribution in [-0.2, 0) is 0 Å². The molecule has 0 saturated carbocycles. The molecule has 1 unspecified atom stereocenters. The van der Waals surface area contributed by atoms with Gasteiger partial charge < -0.3 is 10.6 Å². The summed E-state index contributed by atoms with van der Waals surface area (Å²) in [6.07, 6.45) is 4.05. The normalized spacial score (nSPS) is 19.4. The molecule has 3 rings (SSSR count). The third kappa shape index (κ3) is 2.67. The maximum atomic E-state index is 5.75. The molecule has 2 aromatic rings. The van der Waals surface area contributed by atoms with E-state index in [4.69, 9.17) is 5.73 Å². The highest BCUT2D eigenvalue weighted by atomic mass is 15.1. The van der Waals surface area contributed by atoms with Crippen LogP contribution in [0.2, 0.25) is 0 Å². The van der Waals surface area contributed by atoms with Crippen molar-refractivity contribution in [1.82, 2.24) is 9.97 Å². The zero-order valence-electron chi connectivity index (χ0n) is 10.9. The van der Waals surface area contributed by atoms with Gasteiger partial charge in [0, 0.05) is 30.9 Å². The molecule has 1 aliphatic heterocycles. The molecule has 98 valence electrons. The number of hydrogen-bond donors (Lipinski definition) is 1. The van der Waals surface area contributed by atoms with Gasteiger partial charge in [0.2, 0.25) is 0 Å². The summed E-state index contributed by atoms with van der Waals surface area (Å²) in [5.41, 5.74) is 7.02. The number of rotatable bonds is 2. The van der Waals surface area contributed by atoms with Crippen LogP contribution in [0.3, 0.4) is 0 Å². The average Bonchev–Trinajstić information content (AvgIpc) is 2.48. The van der Waals surface area contributed by atoms with Gasteiger partial charge in [0.25, 0.3) is 0 Å². The monoisotopic (exact) mass is 254 g/mol. The van der Waals surface area contributed by atoms with E-state index < -0.39 is 0 Å². The highest BCUT2D eigenvalue weighted by Gasteiger charge is 2.23. The summed E-state index contributed by atoms with van der Waals surface area (Å²) in [6, 6.07) is 12.3. The molecule has 2 heterocycles. The van der Waals surface area contributed by atoms with E-state index in [2.05, 4.69) is 39.1 Å². The van der Waals surface area contributed by atoms with Gasteiger partial charge in [-0.25, -0.2) is 9.97 Å². The Bertz CT molecular complexity index is 541. The maximum absolute atomic E-state index is 5.75. The molecule has 0 amide bonds. The minimum Gasteiger partial charge on any atom is -0.384 e. The highest BCUT2D eigenvalue weighted by molar-refractivity contribution is 5.46. The number of nitrogens with two attached hydrogens (primary N) is 1. The Morgan fingerprint density at radius 2 is 2.00 bits per heavy atom. The Morgan fingerprint density at radius 3 is 2.79 bits per heavy atom. The number of para-hydroxylation sites is 1. The number of nitrogens with zero attached hydrogens (tertiary/aromatic N) is 3. The minimum atomic E-state index is 0.373. The lowest BCUT2D eigenvalue weighted by atomic mass is 9.96. The van der Waals surface area contributed by atoms with Crippen molar-refractivity contribution in [3.8, 4) is 0 Å². The van der Waals surface area contributed by atoms with Gasteiger partial charge >= 0.3 is 0 Å². The van der Waals surface area contributed by atoms with Crippen LogP contribution >= 0.6 is 0 Å². The molecule has 19 heavy (non-hydrogen) atoms. The van der Waals surface area contributed by atoms with Crippen molar-refractivity contribution in [3.05, 3.63) is 48.4 Å². The lowest BCUT2D eigenvalue weighted by Crippen LogP contribution is -2.35. The third-order valence-corrected chi connectivity index (χ3v) is 3.60. The maximum Gasteiger partial charge on any atom is 0.135 e. The lowest BCUT2D eigenvalue weighted by molar-refractivity contribution is 0.492. The molecular formula is C15H18N4. The Balaban J connectivity index is 1.78. The standard InChI is InChI=1S/C15H18N4/c16-14-8-9-17-15(18-14)12-5-4-10-19(11-12)13-6-2-1-3-7-13/h1-3,6-9,12H,4-5,10-11H2,(H2,16,17,18). The van der Waals surface area contributed by atoms with Crippen molar-refractivity contribution < 1.29 is 0 Å².